The van der Waals surface area contributed by atoms with Crippen molar-refractivity contribution >= 4 is 44.9 Å². The molecular weight excluding hydrogens is 430 g/mol. The molecule has 6 heteroatoms. The molecule has 3 heterocycles. The number of para-hydroxylation sites is 3. The number of fused-ring (bicyclic) bond motifs is 2. The first-order chi connectivity index (χ1) is 16.2. The molecule has 0 bridgehead atoms. The van der Waals surface area contributed by atoms with E-state index in [1.807, 2.05) is 96.4 Å². The van der Waals surface area contributed by atoms with Crippen LogP contribution in [0.25, 0.3) is 44.0 Å². The number of benzene rings is 3. The van der Waals surface area contributed by atoms with Gasteiger partial charge in [-0.2, -0.15) is 0 Å². The van der Waals surface area contributed by atoms with Crippen LogP contribution in [0.3, 0.4) is 0 Å². The summed E-state index contributed by atoms with van der Waals surface area (Å²) in [4.78, 5) is 23.6. The van der Waals surface area contributed by atoms with Crippen molar-refractivity contribution in [3.63, 3.8) is 0 Å². The molecule has 1 N–H and O–H groups in total. The summed E-state index contributed by atoms with van der Waals surface area (Å²) in [6.07, 6.45) is 0. The quantitative estimate of drug-likeness (QED) is 0.315. The Hall–Kier alpha value is -4.29. The molecule has 158 valence electrons. The number of amides is 1. The second-order valence-electron chi connectivity index (χ2n) is 7.57. The number of aromatic nitrogens is 2. The summed E-state index contributed by atoms with van der Waals surface area (Å²) >= 11 is 1.60. The average Bonchev–Trinajstić information content (AvgIpc) is 3.54. The van der Waals surface area contributed by atoms with E-state index < -0.39 is 0 Å². The Morgan fingerprint density at radius 1 is 0.818 bits per heavy atom. The first kappa shape index (κ1) is 19.4. The number of oxazole rings is 1. The lowest BCUT2D eigenvalue weighted by Gasteiger charge is -2.10. The van der Waals surface area contributed by atoms with Crippen molar-refractivity contribution < 1.29 is 9.21 Å². The normalized spacial score (nSPS) is 11.2. The predicted molar refractivity (Wildman–Crippen MR) is 132 cm³/mol. The summed E-state index contributed by atoms with van der Waals surface area (Å²) in [5, 5.41) is 5.84. The fourth-order valence-electron chi connectivity index (χ4n) is 3.80. The number of nitrogens with one attached hydrogen (secondary N) is 1. The summed E-state index contributed by atoms with van der Waals surface area (Å²) in [6, 6.07) is 28.7. The lowest BCUT2D eigenvalue weighted by atomic mass is 10.1. The maximum atomic E-state index is 13.3. The summed E-state index contributed by atoms with van der Waals surface area (Å²) < 4.78 is 5.84. The number of pyridine rings is 1. The van der Waals surface area contributed by atoms with Crippen LogP contribution in [0.2, 0.25) is 0 Å². The van der Waals surface area contributed by atoms with Crippen LogP contribution >= 0.6 is 11.3 Å². The van der Waals surface area contributed by atoms with Crippen molar-refractivity contribution in [3.8, 4) is 22.0 Å². The maximum Gasteiger partial charge on any atom is 0.256 e. The number of hydrogen-bond donors (Lipinski definition) is 1. The van der Waals surface area contributed by atoms with E-state index in [2.05, 4.69) is 10.3 Å². The molecule has 0 spiro atoms. The first-order valence-electron chi connectivity index (χ1n) is 10.5. The zero-order chi connectivity index (χ0) is 22.2. The summed E-state index contributed by atoms with van der Waals surface area (Å²) in [7, 11) is 0. The van der Waals surface area contributed by atoms with Gasteiger partial charge in [0.15, 0.2) is 5.58 Å². The van der Waals surface area contributed by atoms with Gasteiger partial charge in [-0.1, -0.05) is 36.4 Å². The minimum Gasteiger partial charge on any atom is -0.436 e. The van der Waals surface area contributed by atoms with Crippen LogP contribution in [0.1, 0.15) is 10.4 Å². The highest BCUT2D eigenvalue weighted by molar-refractivity contribution is 7.13. The lowest BCUT2D eigenvalue weighted by molar-refractivity contribution is 0.102. The maximum absolute atomic E-state index is 13.3. The van der Waals surface area contributed by atoms with Crippen molar-refractivity contribution in [2.75, 3.05) is 5.32 Å². The van der Waals surface area contributed by atoms with E-state index in [0.717, 1.165) is 38.1 Å². The number of rotatable bonds is 4. The number of carbonyl (C=O) groups is 1. The van der Waals surface area contributed by atoms with E-state index in [-0.39, 0.29) is 5.91 Å². The minimum absolute atomic E-state index is 0.180. The molecule has 1 amide bonds. The van der Waals surface area contributed by atoms with Gasteiger partial charge in [-0.25, -0.2) is 9.97 Å². The highest BCUT2D eigenvalue weighted by Gasteiger charge is 2.15. The molecule has 0 saturated heterocycles. The van der Waals surface area contributed by atoms with Crippen molar-refractivity contribution in [1.29, 1.82) is 0 Å². The molecule has 0 unspecified atom stereocenters. The fourth-order valence-corrected chi connectivity index (χ4v) is 4.49. The SMILES string of the molecule is O=C(Nc1ccc(-c2nc3ccccc3o2)cc1)c1cc(-c2cccs2)nc2ccccc12. The summed E-state index contributed by atoms with van der Waals surface area (Å²) in [6.45, 7) is 0. The number of thiophene rings is 1. The number of carbonyl (C=O) groups excluding carboxylic acids is 1. The number of nitrogens with zero attached hydrogens (tertiary/aromatic N) is 2. The topological polar surface area (TPSA) is 68.0 Å². The van der Waals surface area contributed by atoms with Gasteiger partial charge in [-0.05, 0) is 60.0 Å². The van der Waals surface area contributed by atoms with Crippen LogP contribution in [0, 0.1) is 0 Å². The van der Waals surface area contributed by atoms with Crippen LogP contribution in [-0.2, 0) is 0 Å². The highest BCUT2D eigenvalue weighted by atomic mass is 32.1. The van der Waals surface area contributed by atoms with Gasteiger partial charge in [-0.15, -0.1) is 11.3 Å². The molecule has 6 rings (SSSR count). The molecule has 6 aromatic rings. The van der Waals surface area contributed by atoms with E-state index in [4.69, 9.17) is 9.40 Å². The molecular formula is C27H17N3O2S. The van der Waals surface area contributed by atoms with Gasteiger partial charge in [0.25, 0.3) is 5.91 Å². The van der Waals surface area contributed by atoms with Crippen LogP contribution < -0.4 is 5.32 Å². The molecule has 5 nitrogen and oxygen atoms in total. The van der Waals surface area contributed by atoms with Crippen LogP contribution in [0.5, 0.6) is 0 Å². The standard InChI is InChI=1S/C27H17N3O2S/c31-26(20-16-23(25-10-5-15-33-25)29-21-7-2-1-6-19(20)21)28-18-13-11-17(12-14-18)27-30-22-8-3-4-9-24(22)32-27/h1-16H,(H,28,31). The van der Waals surface area contributed by atoms with E-state index in [1.54, 1.807) is 11.3 Å². The molecule has 0 aliphatic carbocycles. The molecule has 0 aliphatic rings. The third kappa shape index (κ3) is 3.66. The second-order valence-corrected chi connectivity index (χ2v) is 8.52. The van der Waals surface area contributed by atoms with Gasteiger partial charge in [0.2, 0.25) is 5.89 Å². The molecule has 0 saturated carbocycles. The molecule has 3 aromatic carbocycles. The van der Waals surface area contributed by atoms with Gasteiger partial charge in [0.1, 0.15) is 5.52 Å². The first-order valence-corrected chi connectivity index (χ1v) is 11.3. The van der Waals surface area contributed by atoms with E-state index >= 15 is 0 Å². The van der Waals surface area contributed by atoms with Crippen LogP contribution in [0.15, 0.2) is 101 Å². The molecule has 33 heavy (non-hydrogen) atoms. The van der Waals surface area contributed by atoms with Gasteiger partial charge < -0.3 is 9.73 Å². The van der Waals surface area contributed by atoms with Crippen molar-refractivity contribution in [2.45, 2.75) is 0 Å². The molecule has 0 atom stereocenters. The van der Waals surface area contributed by atoms with Crippen molar-refractivity contribution in [3.05, 3.63) is 102 Å². The summed E-state index contributed by atoms with van der Waals surface area (Å²) in [5.74, 6) is 0.371. The number of anilines is 1. The van der Waals surface area contributed by atoms with Gasteiger partial charge in [0.05, 0.1) is 21.7 Å². The fraction of sp³-hybridized carbons (Fsp3) is 0. The zero-order valence-electron chi connectivity index (χ0n) is 17.4. The zero-order valence-corrected chi connectivity index (χ0v) is 18.2. The Bertz CT molecular complexity index is 1570. The predicted octanol–water partition coefficient (Wildman–Crippen LogP) is 7.02. The van der Waals surface area contributed by atoms with E-state index in [9.17, 15) is 4.79 Å². The summed E-state index contributed by atoms with van der Waals surface area (Å²) in [5.41, 5.74) is 5.27. The van der Waals surface area contributed by atoms with E-state index in [0.29, 0.717) is 17.1 Å². The third-order valence-corrected chi connectivity index (χ3v) is 6.31. The molecule has 3 aromatic heterocycles. The minimum atomic E-state index is -0.180. The molecule has 0 fully saturated rings. The molecule has 0 aliphatic heterocycles. The smallest absolute Gasteiger partial charge is 0.256 e. The largest absolute Gasteiger partial charge is 0.436 e. The van der Waals surface area contributed by atoms with Gasteiger partial charge in [0, 0.05) is 16.6 Å². The average molecular weight is 448 g/mol. The van der Waals surface area contributed by atoms with E-state index in [1.165, 1.54) is 0 Å². The second kappa shape index (κ2) is 8.00. The van der Waals surface area contributed by atoms with Crippen LogP contribution in [0.4, 0.5) is 5.69 Å². The Morgan fingerprint density at radius 3 is 2.39 bits per heavy atom. The van der Waals surface area contributed by atoms with Gasteiger partial charge in [-0.3, -0.25) is 4.79 Å². The number of hydrogen-bond acceptors (Lipinski definition) is 5. The highest BCUT2D eigenvalue weighted by Crippen LogP contribution is 2.29. The molecule has 0 radical (unpaired) electrons. The third-order valence-electron chi connectivity index (χ3n) is 5.42. The Morgan fingerprint density at radius 2 is 1.61 bits per heavy atom. The van der Waals surface area contributed by atoms with Crippen molar-refractivity contribution in [2.24, 2.45) is 0 Å². The van der Waals surface area contributed by atoms with Crippen LogP contribution in [-0.4, -0.2) is 15.9 Å². The Labute approximate surface area is 193 Å². The van der Waals surface area contributed by atoms with Gasteiger partial charge >= 0.3 is 0 Å². The Kier molecular flexibility index (Phi) is 4.70. The Balaban J connectivity index is 1.31. The monoisotopic (exact) mass is 447 g/mol. The van der Waals surface area contributed by atoms with Crippen molar-refractivity contribution in [1.82, 2.24) is 9.97 Å². The lowest BCUT2D eigenvalue weighted by Crippen LogP contribution is -2.13.